The lowest BCUT2D eigenvalue weighted by molar-refractivity contribution is -0.0363. The predicted molar refractivity (Wildman–Crippen MR) is 62.8 cm³/mol. The number of hydrogen-bond donors (Lipinski definition) is 1. The molecule has 0 bridgehead atoms. The van der Waals surface area contributed by atoms with Crippen LogP contribution in [0.3, 0.4) is 0 Å². The molecule has 2 fully saturated rings. The van der Waals surface area contributed by atoms with E-state index in [1.54, 1.807) is 0 Å². The van der Waals surface area contributed by atoms with E-state index in [4.69, 9.17) is 5.11 Å². The second-order valence-corrected chi connectivity index (χ2v) is 5.85. The molecule has 0 aromatic rings. The zero-order valence-corrected chi connectivity index (χ0v) is 10.0. The Morgan fingerprint density at radius 2 is 1.87 bits per heavy atom. The fourth-order valence-corrected chi connectivity index (χ4v) is 3.40. The Morgan fingerprint density at radius 1 is 1.20 bits per heavy atom. The van der Waals surface area contributed by atoms with Gasteiger partial charge >= 0.3 is 0 Å². The Morgan fingerprint density at radius 3 is 2.47 bits per heavy atom. The van der Waals surface area contributed by atoms with E-state index in [1.807, 2.05) is 0 Å². The van der Waals surface area contributed by atoms with Crippen molar-refractivity contribution in [3.8, 4) is 0 Å². The lowest BCUT2D eigenvalue weighted by Crippen LogP contribution is -2.57. The highest BCUT2D eigenvalue weighted by Gasteiger charge is 2.42. The fraction of sp³-hybridized carbons (Fsp3) is 1.00. The van der Waals surface area contributed by atoms with Gasteiger partial charge in [-0.1, -0.05) is 26.2 Å². The lowest BCUT2D eigenvalue weighted by atomic mass is 9.68. The highest BCUT2D eigenvalue weighted by Crippen LogP contribution is 2.43. The molecular formula is C13H25NO. The molecule has 1 unspecified atom stereocenters. The summed E-state index contributed by atoms with van der Waals surface area (Å²) >= 11 is 0. The molecule has 1 aliphatic heterocycles. The van der Waals surface area contributed by atoms with Gasteiger partial charge in [0.15, 0.2) is 0 Å². The fourth-order valence-electron chi connectivity index (χ4n) is 3.40. The highest BCUT2D eigenvalue weighted by molar-refractivity contribution is 4.96. The van der Waals surface area contributed by atoms with E-state index in [9.17, 15) is 0 Å². The summed E-state index contributed by atoms with van der Waals surface area (Å²) in [5.74, 6) is 0.663. The SMILES string of the molecule is CC(CCO)CN1CC2(CCCCC2)C1. The summed E-state index contributed by atoms with van der Waals surface area (Å²) in [7, 11) is 0. The normalized spacial score (nSPS) is 27.6. The molecule has 0 aromatic carbocycles. The van der Waals surface area contributed by atoms with Gasteiger partial charge in [0.25, 0.3) is 0 Å². The lowest BCUT2D eigenvalue weighted by Gasteiger charge is -2.53. The number of nitrogens with zero attached hydrogens (tertiary/aromatic N) is 1. The zero-order chi connectivity index (χ0) is 10.7. The molecule has 0 radical (unpaired) electrons. The van der Waals surface area contributed by atoms with Gasteiger partial charge in [-0.05, 0) is 30.6 Å². The van der Waals surface area contributed by atoms with Crippen molar-refractivity contribution in [3.63, 3.8) is 0 Å². The third-order valence-electron chi connectivity index (χ3n) is 4.22. The first-order chi connectivity index (χ1) is 7.24. The average Bonchev–Trinajstić information content (AvgIpc) is 2.17. The van der Waals surface area contributed by atoms with Crippen molar-refractivity contribution in [2.75, 3.05) is 26.2 Å². The number of likely N-dealkylation sites (tertiary alicyclic amines) is 1. The van der Waals surface area contributed by atoms with Crippen molar-refractivity contribution in [3.05, 3.63) is 0 Å². The van der Waals surface area contributed by atoms with Gasteiger partial charge in [0.1, 0.15) is 0 Å². The maximum absolute atomic E-state index is 8.86. The zero-order valence-electron chi connectivity index (χ0n) is 10.0. The molecule has 1 N–H and O–H groups in total. The van der Waals surface area contributed by atoms with E-state index in [0.29, 0.717) is 12.5 Å². The second-order valence-electron chi connectivity index (χ2n) is 5.85. The predicted octanol–water partition coefficient (Wildman–Crippen LogP) is 2.27. The minimum Gasteiger partial charge on any atom is -0.396 e. The second kappa shape index (κ2) is 4.84. The van der Waals surface area contributed by atoms with Gasteiger partial charge in [-0.2, -0.15) is 0 Å². The van der Waals surface area contributed by atoms with E-state index in [1.165, 1.54) is 51.7 Å². The first kappa shape index (κ1) is 11.4. The molecule has 1 spiro atoms. The molecule has 2 nitrogen and oxygen atoms in total. The van der Waals surface area contributed by atoms with Gasteiger partial charge in [-0.3, -0.25) is 0 Å². The molecule has 15 heavy (non-hydrogen) atoms. The van der Waals surface area contributed by atoms with Gasteiger partial charge in [-0.15, -0.1) is 0 Å². The molecule has 2 rings (SSSR count). The van der Waals surface area contributed by atoms with Crippen molar-refractivity contribution in [2.45, 2.75) is 45.4 Å². The van der Waals surface area contributed by atoms with Crippen LogP contribution in [0.25, 0.3) is 0 Å². The monoisotopic (exact) mass is 211 g/mol. The molecule has 88 valence electrons. The summed E-state index contributed by atoms with van der Waals surface area (Å²) in [6.07, 6.45) is 8.28. The van der Waals surface area contributed by atoms with E-state index >= 15 is 0 Å². The van der Waals surface area contributed by atoms with Crippen molar-refractivity contribution in [1.82, 2.24) is 4.90 Å². The quantitative estimate of drug-likeness (QED) is 0.771. The van der Waals surface area contributed by atoms with Crippen LogP contribution in [0, 0.1) is 11.3 Å². The van der Waals surface area contributed by atoms with E-state index in [-0.39, 0.29) is 0 Å². The number of aliphatic hydroxyl groups is 1. The maximum Gasteiger partial charge on any atom is 0.0434 e. The Bertz CT molecular complexity index is 191. The van der Waals surface area contributed by atoms with Crippen LogP contribution < -0.4 is 0 Å². The topological polar surface area (TPSA) is 23.5 Å². The molecule has 1 heterocycles. The van der Waals surface area contributed by atoms with Crippen molar-refractivity contribution in [2.24, 2.45) is 11.3 Å². The van der Waals surface area contributed by atoms with Crippen LogP contribution in [0.2, 0.25) is 0 Å². The third kappa shape index (κ3) is 2.73. The molecule has 1 saturated carbocycles. The largest absolute Gasteiger partial charge is 0.396 e. The Hall–Kier alpha value is -0.0800. The molecule has 1 aliphatic carbocycles. The van der Waals surface area contributed by atoms with Gasteiger partial charge < -0.3 is 10.0 Å². The average molecular weight is 211 g/mol. The van der Waals surface area contributed by atoms with Gasteiger partial charge in [0, 0.05) is 26.2 Å². The molecule has 0 amide bonds. The molecule has 2 heteroatoms. The molecule has 2 aliphatic rings. The van der Waals surface area contributed by atoms with Gasteiger partial charge in [0.05, 0.1) is 0 Å². The molecule has 1 atom stereocenters. The van der Waals surface area contributed by atoms with Crippen molar-refractivity contribution < 1.29 is 5.11 Å². The Kier molecular flexibility index (Phi) is 3.68. The van der Waals surface area contributed by atoms with Crippen LogP contribution in [0.4, 0.5) is 0 Å². The summed E-state index contributed by atoms with van der Waals surface area (Å²) in [6.45, 7) is 6.47. The molecule has 0 aromatic heterocycles. The first-order valence-corrected chi connectivity index (χ1v) is 6.57. The summed E-state index contributed by atoms with van der Waals surface area (Å²) < 4.78 is 0. The smallest absolute Gasteiger partial charge is 0.0434 e. The summed E-state index contributed by atoms with van der Waals surface area (Å²) in [5.41, 5.74) is 0.719. The van der Waals surface area contributed by atoms with Crippen LogP contribution >= 0.6 is 0 Å². The van der Waals surface area contributed by atoms with Gasteiger partial charge in [0.2, 0.25) is 0 Å². The number of aliphatic hydroxyl groups excluding tert-OH is 1. The van der Waals surface area contributed by atoms with Crippen LogP contribution in [0.1, 0.15) is 45.4 Å². The Labute approximate surface area is 93.7 Å². The highest BCUT2D eigenvalue weighted by atomic mass is 16.3. The van der Waals surface area contributed by atoms with Crippen LogP contribution in [0.5, 0.6) is 0 Å². The standard InChI is InChI=1S/C13H25NO/c1-12(5-8-15)9-14-10-13(11-14)6-3-2-4-7-13/h12,15H,2-11H2,1H3. The van der Waals surface area contributed by atoms with Gasteiger partial charge in [-0.25, -0.2) is 0 Å². The third-order valence-corrected chi connectivity index (χ3v) is 4.22. The maximum atomic E-state index is 8.86. The number of rotatable bonds is 4. The first-order valence-electron chi connectivity index (χ1n) is 6.57. The summed E-state index contributed by atoms with van der Waals surface area (Å²) in [6, 6.07) is 0. The Balaban J connectivity index is 1.68. The summed E-state index contributed by atoms with van der Waals surface area (Å²) in [4.78, 5) is 2.59. The van der Waals surface area contributed by atoms with Crippen molar-refractivity contribution >= 4 is 0 Å². The van der Waals surface area contributed by atoms with Crippen LogP contribution in [-0.2, 0) is 0 Å². The van der Waals surface area contributed by atoms with Crippen LogP contribution in [-0.4, -0.2) is 36.2 Å². The molecule has 1 saturated heterocycles. The van der Waals surface area contributed by atoms with Crippen molar-refractivity contribution in [1.29, 1.82) is 0 Å². The number of hydrogen-bond acceptors (Lipinski definition) is 2. The van der Waals surface area contributed by atoms with Crippen LogP contribution in [0.15, 0.2) is 0 Å². The van der Waals surface area contributed by atoms with E-state index < -0.39 is 0 Å². The summed E-state index contributed by atoms with van der Waals surface area (Å²) in [5, 5.41) is 8.86. The minimum absolute atomic E-state index is 0.347. The molecular weight excluding hydrogens is 186 g/mol. The van der Waals surface area contributed by atoms with E-state index in [2.05, 4.69) is 11.8 Å². The van der Waals surface area contributed by atoms with E-state index in [0.717, 1.165) is 11.8 Å². The minimum atomic E-state index is 0.347.